The monoisotopic (exact) mass is 323 g/mol. The van der Waals surface area contributed by atoms with E-state index in [0.717, 1.165) is 25.9 Å². The van der Waals surface area contributed by atoms with Gasteiger partial charge in [0.05, 0.1) is 6.54 Å². The van der Waals surface area contributed by atoms with Crippen LogP contribution in [0.4, 0.5) is 10.5 Å². The van der Waals surface area contributed by atoms with Gasteiger partial charge in [0, 0.05) is 33.2 Å². The number of hydrogen-bond acceptors (Lipinski definition) is 5. The summed E-state index contributed by atoms with van der Waals surface area (Å²) in [6.07, 6.45) is 1.66. The fourth-order valence-corrected chi connectivity index (χ4v) is 2.56. The maximum atomic E-state index is 12.1. The van der Waals surface area contributed by atoms with Crippen LogP contribution in [0.3, 0.4) is 0 Å². The van der Waals surface area contributed by atoms with Crippen LogP contribution in [0.5, 0.6) is 0 Å². The van der Waals surface area contributed by atoms with Gasteiger partial charge in [-0.3, -0.25) is 9.69 Å². The molecule has 1 fully saturated rings. The van der Waals surface area contributed by atoms with E-state index in [1.165, 1.54) is 0 Å². The first-order chi connectivity index (χ1) is 10.9. The SMILES string of the molecule is Cc1noc(C)c1NC(=O)NC1CCN(CC(=O)N(C)C)CC1. The molecule has 1 aromatic heterocycles. The standard InChI is InChI=1S/C15H25N5O3/c1-10-14(11(2)23-18-10)17-15(22)16-12-5-7-20(8-6-12)9-13(21)19(3)4/h12H,5-9H2,1-4H3,(H2,16,17,22). The maximum absolute atomic E-state index is 12.1. The minimum absolute atomic E-state index is 0.104. The average molecular weight is 323 g/mol. The summed E-state index contributed by atoms with van der Waals surface area (Å²) in [5.41, 5.74) is 1.28. The van der Waals surface area contributed by atoms with E-state index >= 15 is 0 Å². The summed E-state index contributed by atoms with van der Waals surface area (Å²) in [6.45, 7) is 5.58. The van der Waals surface area contributed by atoms with Gasteiger partial charge >= 0.3 is 6.03 Å². The summed E-state index contributed by atoms with van der Waals surface area (Å²) in [5, 5.41) is 9.56. The third-order valence-corrected chi connectivity index (χ3v) is 4.05. The molecule has 1 saturated heterocycles. The zero-order valence-electron chi connectivity index (χ0n) is 14.2. The molecular weight excluding hydrogens is 298 g/mol. The Bertz CT molecular complexity index is 542. The number of rotatable bonds is 4. The number of nitrogens with one attached hydrogen (secondary N) is 2. The summed E-state index contributed by atoms with van der Waals surface area (Å²) < 4.78 is 5.02. The van der Waals surface area contributed by atoms with Crippen LogP contribution in [-0.2, 0) is 4.79 Å². The molecule has 8 nitrogen and oxygen atoms in total. The number of aromatic nitrogens is 1. The van der Waals surface area contributed by atoms with Crippen molar-refractivity contribution in [3.63, 3.8) is 0 Å². The second-order valence-electron chi connectivity index (χ2n) is 6.14. The van der Waals surface area contributed by atoms with Crippen LogP contribution in [0.25, 0.3) is 0 Å². The maximum Gasteiger partial charge on any atom is 0.319 e. The molecule has 0 atom stereocenters. The van der Waals surface area contributed by atoms with E-state index < -0.39 is 0 Å². The normalized spacial score (nSPS) is 16.2. The third kappa shape index (κ3) is 4.69. The molecule has 0 radical (unpaired) electrons. The number of carbonyl (C=O) groups excluding carboxylic acids is 2. The highest BCUT2D eigenvalue weighted by molar-refractivity contribution is 5.90. The van der Waals surface area contributed by atoms with Crippen LogP contribution in [0.15, 0.2) is 4.52 Å². The van der Waals surface area contributed by atoms with Gasteiger partial charge in [-0.15, -0.1) is 0 Å². The van der Waals surface area contributed by atoms with E-state index in [4.69, 9.17) is 4.52 Å². The quantitative estimate of drug-likeness (QED) is 0.861. The lowest BCUT2D eigenvalue weighted by atomic mass is 10.1. The number of likely N-dealkylation sites (N-methyl/N-ethyl adjacent to an activating group) is 1. The van der Waals surface area contributed by atoms with Gasteiger partial charge in [-0.25, -0.2) is 4.79 Å². The van der Waals surface area contributed by atoms with Crippen molar-refractivity contribution in [1.29, 1.82) is 0 Å². The fraction of sp³-hybridized carbons (Fsp3) is 0.667. The van der Waals surface area contributed by atoms with Gasteiger partial charge < -0.3 is 20.1 Å². The molecule has 0 bridgehead atoms. The first-order valence-electron chi connectivity index (χ1n) is 7.79. The molecule has 0 saturated carbocycles. The first-order valence-corrected chi connectivity index (χ1v) is 7.79. The van der Waals surface area contributed by atoms with Crippen molar-refractivity contribution in [2.45, 2.75) is 32.7 Å². The van der Waals surface area contributed by atoms with Gasteiger partial charge in [0.25, 0.3) is 0 Å². The first kappa shape index (κ1) is 17.3. The zero-order chi connectivity index (χ0) is 17.0. The Hall–Kier alpha value is -2.09. The topological polar surface area (TPSA) is 90.7 Å². The molecule has 0 spiro atoms. The molecule has 23 heavy (non-hydrogen) atoms. The summed E-state index contributed by atoms with van der Waals surface area (Å²) in [4.78, 5) is 27.5. The Morgan fingerprint density at radius 2 is 1.96 bits per heavy atom. The largest absolute Gasteiger partial charge is 0.359 e. The van der Waals surface area contributed by atoms with Crippen LogP contribution in [0, 0.1) is 13.8 Å². The fourth-order valence-electron chi connectivity index (χ4n) is 2.56. The van der Waals surface area contributed by atoms with Crippen LogP contribution in [0.2, 0.25) is 0 Å². The highest BCUT2D eigenvalue weighted by Gasteiger charge is 2.23. The van der Waals surface area contributed by atoms with Crippen molar-refractivity contribution in [1.82, 2.24) is 20.3 Å². The molecule has 128 valence electrons. The van der Waals surface area contributed by atoms with Crippen molar-refractivity contribution >= 4 is 17.6 Å². The van der Waals surface area contributed by atoms with E-state index in [-0.39, 0.29) is 18.0 Å². The Balaban J connectivity index is 1.76. The molecule has 1 aliphatic heterocycles. The number of hydrogen-bond donors (Lipinski definition) is 2. The van der Waals surface area contributed by atoms with E-state index in [1.807, 2.05) is 0 Å². The van der Waals surface area contributed by atoms with Crippen molar-refractivity contribution in [2.24, 2.45) is 0 Å². The smallest absolute Gasteiger partial charge is 0.319 e. The molecule has 0 aliphatic carbocycles. The summed E-state index contributed by atoms with van der Waals surface area (Å²) in [7, 11) is 3.52. The summed E-state index contributed by atoms with van der Waals surface area (Å²) in [6, 6.07) is -0.136. The molecule has 2 N–H and O–H groups in total. The van der Waals surface area contributed by atoms with Crippen LogP contribution < -0.4 is 10.6 Å². The van der Waals surface area contributed by atoms with Crippen LogP contribution in [0.1, 0.15) is 24.3 Å². The number of aryl methyl sites for hydroxylation is 2. The number of nitrogens with zero attached hydrogens (tertiary/aromatic N) is 3. The molecular formula is C15H25N5O3. The molecule has 1 aliphatic rings. The lowest BCUT2D eigenvalue weighted by molar-refractivity contribution is -0.130. The Kier molecular flexibility index (Phi) is 5.59. The van der Waals surface area contributed by atoms with Gasteiger partial charge in [0.2, 0.25) is 5.91 Å². The number of amides is 3. The predicted octanol–water partition coefficient (Wildman–Crippen LogP) is 0.966. The summed E-state index contributed by atoms with van der Waals surface area (Å²) in [5.74, 6) is 0.697. The number of anilines is 1. The number of carbonyl (C=O) groups is 2. The molecule has 0 aromatic carbocycles. The van der Waals surface area contributed by atoms with Crippen molar-refractivity contribution < 1.29 is 14.1 Å². The second-order valence-corrected chi connectivity index (χ2v) is 6.14. The van der Waals surface area contributed by atoms with Gasteiger partial charge in [-0.05, 0) is 26.7 Å². The molecule has 1 aromatic rings. The lowest BCUT2D eigenvalue weighted by Gasteiger charge is -2.32. The van der Waals surface area contributed by atoms with Gasteiger partial charge in [-0.2, -0.15) is 0 Å². The number of piperidine rings is 1. The number of likely N-dealkylation sites (tertiary alicyclic amines) is 1. The second kappa shape index (κ2) is 7.45. The Labute approximate surface area is 136 Å². The predicted molar refractivity (Wildman–Crippen MR) is 86.3 cm³/mol. The van der Waals surface area contributed by atoms with Gasteiger partial charge in [0.1, 0.15) is 11.4 Å². The van der Waals surface area contributed by atoms with Crippen molar-refractivity contribution in [3.05, 3.63) is 11.5 Å². The van der Waals surface area contributed by atoms with Crippen LogP contribution >= 0.6 is 0 Å². The lowest BCUT2D eigenvalue weighted by Crippen LogP contribution is -2.48. The molecule has 2 heterocycles. The van der Waals surface area contributed by atoms with Crippen molar-refractivity contribution in [2.75, 3.05) is 39.0 Å². The number of urea groups is 1. The van der Waals surface area contributed by atoms with Crippen LogP contribution in [-0.4, -0.2) is 66.7 Å². The Morgan fingerprint density at radius 1 is 1.30 bits per heavy atom. The highest BCUT2D eigenvalue weighted by atomic mass is 16.5. The molecule has 2 rings (SSSR count). The third-order valence-electron chi connectivity index (χ3n) is 4.05. The minimum atomic E-state index is -0.248. The van der Waals surface area contributed by atoms with Gasteiger partial charge in [-0.1, -0.05) is 5.16 Å². The zero-order valence-corrected chi connectivity index (χ0v) is 14.2. The highest BCUT2D eigenvalue weighted by Crippen LogP contribution is 2.18. The molecule has 8 heteroatoms. The van der Waals surface area contributed by atoms with E-state index in [9.17, 15) is 9.59 Å². The van der Waals surface area contributed by atoms with E-state index in [2.05, 4.69) is 20.7 Å². The molecule has 3 amide bonds. The van der Waals surface area contributed by atoms with E-state index in [0.29, 0.717) is 23.7 Å². The Morgan fingerprint density at radius 3 is 2.48 bits per heavy atom. The average Bonchev–Trinajstić information content (AvgIpc) is 2.81. The van der Waals surface area contributed by atoms with E-state index in [1.54, 1.807) is 32.8 Å². The molecule has 0 unspecified atom stereocenters. The minimum Gasteiger partial charge on any atom is -0.359 e. The van der Waals surface area contributed by atoms with Gasteiger partial charge in [0.15, 0.2) is 5.76 Å². The van der Waals surface area contributed by atoms with Crippen molar-refractivity contribution in [3.8, 4) is 0 Å². The summed E-state index contributed by atoms with van der Waals surface area (Å²) >= 11 is 0.